The van der Waals surface area contributed by atoms with E-state index < -0.39 is 0 Å². The van der Waals surface area contributed by atoms with Gasteiger partial charge in [0.1, 0.15) is 0 Å². The summed E-state index contributed by atoms with van der Waals surface area (Å²) in [6.07, 6.45) is 6.79. The fourth-order valence-corrected chi connectivity index (χ4v) is 2.44. The molecule has 1 saturated carbocycles. The Bertz CT molecular complexity index is 275. The van der Waals surface area contributed by atoms with E-state index in [9.17, 15) is 4.79 Å². The van der Waals surface area contributed by atoms with Crippen LogP contribution in [0.4, 0.5) is 0 Å². The summed E-state index contributed by atoms with van der Waals surface area (Å²) in [5.74, 6) is 0.0676. The molecule has 0 aromatic carbocycles. The molecular weight excluding hydrogens is 246 g/mol. The van der Waals surface area contributed by atoms with Crippen molar-refractivity contribution in [2.75, 3.05) is 6.54 Å². The number of carbonyl (C=O) groups excluding carboxylic acids is 1. The molecule has 4 nitrogen and oxygen atoms in total. The van der Waals surface area contributed by atoms with E-state index >= 15 is 0 Å². The van der Waals surface area contributed by atoms with Crippen LogP contribution in [0.2, 0.25) is 0 Å². The quantitative estimate of drug-likeness (QED) is 0.666. The van der Waals surface area contributed by atoms with Crippen LogP contribution in [0, 0.1) is 0 Å². The van der Waals surface area contributed by atoms with E-state index in [1.807, 2.05) is 13.8 Å². The van der Waals surface area contributed by atoms with E-state index in [0.29, 0.717) is 24.1 Å². The van der Waals surface area contributed by atoms with Gasteiger partial charge in [-0.1, -0.05) is 19.3 Å². The predicted octanol–water partition coefficient (Wildman–Crippen LogP) is 1.70. The molecule has 0 aliphatic heterocycles. The zero-order valence-corrected chi connectivity index (χ0v) is 12.2. The first-order chi connectivity index (χ1) is 8.58. The van der Waals surface area contributed by atoms with Crippen LogP contribution in [0.5, 0.6) is 0 Å². The number of rotatable bonds is 5. The van der Waals surface area contributed by atoms with Crippen LogP contribution in [0.1, 0.15) is 52.4 Å². The van der Waals surface area contributed by atoms with Crippen molar-refractivity contribution in [1.82, 2.24) is 16.0 Å². The second kappa shape index (κ2) is 8.29. The lowest BCUT2D eigenvalue weighted by atomic mass is 9.96. The summed E-state index contributed by atoms with van der Waals surface area (Å²) in [6.45, 7) is 4.51. The van der Waals surface area contributed by atoms with Crippen molar-refractivity contribution in [1.29, 1.82) is 0 Å². The first-order valence-corrected chi connectivity index (χ1v) is 7.32. The lowest BCUT2D eigenvalue weighted by Gasteiger charge is -2.24. The molecule has 0 heterocycles. The Morgan fingerprint density at radius 2 is 1.94 bits per heavy atom. The van der Waals surface area contributed by atoms with Crippen LogP contribution in [-0.4, -0.2) is 29.6 Å². The Morgan fingerprint density at radius 3 is 2.56 bits per heavy atom. The molecule has 0 aromatic heterocycles. The van der Waals surface area contributed by atoms with E-state index in [1.165, 1.54) is 32.1 Å². The molecular formula is C13H25N3OS. The lowest BCUT2D eigenvalue weighted by Crippen LogP contribution is -2.43. The maximum absolute atomic E-state index is 11.4. The number of thiocarbonyl (C=S) groups is 1. The lowest BCUT2D eigenvalue weighted by molar-refractivity contribution is -0.121. The molecule has 0 aromatic rings. The smallest absolute Gasteiger partial charge is 0.221 e. The fraction of sp³-hybridized carbons (Fsp3) is 0.846. The normalized spacial score (nSPS) is 16.4. The minimum absolute atomic E-state index is 0.0676. The van der Waals surface area contributed by atoms with Crippen LogP contribution >= 0.6 is 12.2 Å². The van der Waals surface area contributed by atoms with Crippen molar-refractivity contribution >= 4 is 23.2 Å². The maximum Gasteiger partial charge on any atom is 0.221 e. The average Bonchev–Trinajstić information content (AvgIpc) is 2.29. The second-order valence-corrected chi connectivity index (χ2v) is 5.62. The fourth-order valence-electron chi connectivity index (χ4n) is 2.17. The van der Waals surface area contributed by atoms with Crippen LogP contribution in [-0.2, 0) is 4.79 Å². The molecule has 1 aliphatic carbocycles. The van der Waals surface area contributed by atoms with Crippen molar-refractivity contribution in [3.05, 3.63) is 0 Å². The van der Waals surface area contributed by atoms with Crippen LogP contribution in [0.3, 0.4) is 0 Å². The monoisotopic (exact) mass is 271 g/mol. The van der Waals surface area contributed by atoms with Gasteiger partial charge >= 0.3 is 0 Å². The van der Waals surface area contributed by atoms with Crippen molar-refractivity contribution in [3.8, 4) is 0 Å². The van der Waals surface area contributed by atoms with Gasteiger partial charge in [-0.3, -0.25) is 4.79 Å². The summed E-state index contributed by atoms with van der Waals surface area (Å²) >= 11 is 5.22. The topological polar surface area (TPSA) is 53.2 Å². The molecule has 0 atom stereocenters. The molecule has 1 rings (SSSR count). The van der Waals surface area contributed by atoms with Crippen molar-refractivity contribution in [3.63, 3.8) is 0 Å². The Hall–Kier alpha value is -0.840. The van der Waals surface area contributed by atoms with E-state index in [0.717, 1.165) is 0 Å². The molecule has 0 bridgehead atoms. The largest absolute Gasteiger partial charge is 0.362 e. The Labute approximate surface area is 115 Å². The SMILES string of the molecule is CC(C)NC(=O)CCNC(=S)NC1CCCCC1. The van der Waals surface area contributed by atoms with Gasteiger partial charge in [-0.05, 0) is 38.9 Å². The van der Waals surface area contributed by atoms with Gasteiger partial charge < -0.3 is 16.0 Å². The third-order valence-electron chi connectivity index (χ3n) is 3.03. The summed E-state index contributed by atoms with van der Waals surface area (Å²) in [7, 11) is 0. The summed E-state index contributed by atoms with van der Waals surface area (Å²) in [4.78, 5) is 11.4. The summed E-state index contributed by atoms with van der Waals surface area (Å²) in [6, 6.07) is 0.716. The van der Waals surface area contributed by atoms with E-state index in [1.54, 1.807) is 0 Å². The number of amides is 1. The van der Waals surface area contributed by atoms with Crippen LogP contribution in [0.15, 0.2) is 0 Å². The van der Waals surface area contributed by atoms with Gasteiger partial charge in [-0.25, -0.2) is 0 Å². The Morgan fingerprint density at radius 1 is 1.28 bits per heavy atom. The van der Waals surface area contributed by atoms with Gasteiger partial charge in [0.05, 0.1) is 0 Å². The van der Waals surface area contributed by atoms with E-state index in [2.05, 4.69) is 16.0 Å². The summed E-state index contributed by atoms with van der Waals surface area (Å²) in [5, 5.41) is 9.95. The highest BCUT2D eigenvalue weighted by Crippen LogP contribution is 2.17. The summed E-state index contributed by atoms with van der Waals surface area (Å²) < 4.78 is 0. The Balaban J connectivity index is 2.07. The molecule has 3 N–H and O–H groups in total. The first kappa shape index (κ1) is 15.2. The highest BCUT2D eigenvalue weighted by molar-refractivity contribution is 7.80. The van der Waals surface area contributed by atoms with Crippen molar-refractivity contribution in [2.45, 2.75) is 64.5 Å². The van der Waals surface area contributed by atoms with Gasteiger partial charge in [0.2, 0.25) is 5.91 Å². The van der Waals surface area contributed by atoms with Gasteiger partial charge in [0, 0.05) is 25.0 Å². The van der Waals surface area contributed by atoms with E-state index in [-0.39, 0.29) is 11.9 Å². The van der Waals surface area contributed by atoms with Crippen molar-refractivity contribution < 1.29 is 4.79 Å². The van der Waals surface area contributed by atoms with Gasteiger partial charge in [0.25, 0.3) is 0 Å². The number of nitrogens with one attached hydrogen (secondary N) is 3. The molecule has 1 fully saturated rings. The highest BCUT2D eigenvalue weighted by atomic mass is 32.1. The molecule has 1 aliphatic rings. The number of hydrogen-bond donors (Lipinski definition) is 3. The van der Waals surface area contributed by atoms with E-state index in [4.69, 9.17) is 12.2 Å². The molecule has 0 saturated heterocycles. The maximum atomic E-state index is 11.4. The van der Waals surface area contributed by atoms with Crippen LogP contribution in [0.25, 0.3) is 0 Å². The van der Waals surface area contributed by atoms with Crippen LogP contribution < -0.4 is 16.0 Å². The first-order valence-electron chi connectivity index (χ1n) is 6.91. The third kappa shape index (κ3) is 6.79. The highest BCUT2D eigenvalue weighted by Gasteiger charge is 2.13. The van der Waals surface area contributed by atoms with Gasteiger partial charge in [0.15, 0.2) is 5.11 Å². The summed E-state index contributed by atoms with van der Waals surface area (Å²) in [5.41, 5.74) is 0. The number of hydrogen-bond acceptors (Lipinski definition) is 2. The Kier molecular flexibility index (Phi) is 7.01. The molecule has 18 heavy (non-hydrogen) atoms. The average molecular weight is 271 g/mol. The second-order valence-electron chi connectivity index (χ2n) is 5.21. The van der Waals surface area contributed by atoms with Gasteiger partial charge in [-0.2, -0.15) is 0 Å². The van der Waals surface area contributed by atoms with Gasteiger partial charge in [-0.15, -0.1) is 0 Å². The molecule has 0 radical (unpaired) electrons. The zero-order chi connectivity index (χ0) is 13.4. The third-order valence-corrected chi connectivity index (χ3v) is 3.29. The van der Waals surface area contributed by atoms with Crippen molar-refractivity contribution in [2.24, 2.45) is 0 Å². The molecule has 0 spiro atoms. The number of carbonyl (C=O) groups is 1. The minimum atomic E-state index is 0.0676. The molecule has 0 unspecified atom stereocenters. The minimum Gasteiger partial charge on any atom is -0.362 e. The predicted molar refractivity (Wildman–Crippen MR) is 78.5 cm³/mol. The molecule has 104 valence electrons. The molecule has 5 heteroatoms. The molecule has 1 amide bonds. The zero-order valence-electron chi connectivity index (χ0n) is 11.4. The standard InChI is InChI=1S/C13H25N3OS/c1-10(2)15-12(17)8-9-14-13(18)16-11-6-4-3-5-7-11/h10-11H,3-9H2,1-2H3,(H,15,17)(H2,14,16,18).